The maximum atomic E-state index is 13.1. The van der Waals surface area contributed by atoms with E-state index in [1.807, 2.05) is 0 Å². The van der Waals surface area contributed by atoms with Crippen LogP contribution in [0.1, 0.15) is 38.4 Å². The first-order valence-corrected chi connectivity index (χ1v) is 15.7. The SMILES string of the molecule is COC(=O)c1nn(Cc2ccc(Cl)cc2Cl)c2cc(C(F)(F)F)ccc12.OCc1nn(Cc2ccc(Cl)cc2Cl)c2cc(C(F)(F)F)ccc12. The largest absolute Gasteiger partial charge is 0.464 e. The molecule has 0 aliphatic heterocycles. The molecule has 0 unspecified atom stereocenters. The molecule has 0 saturated carbocycles. The maximum Gasteiger partial charge on any atom is 0.416 e. The van der Waals surface area contributed by atoms with Crippen LogP contribution in [-0.2, 0) is 36.8 Å². The fraction of sp³-hybridized carbons (Fsp3) is 0.182. The highest BCUT2D eigenvalue weighted by Gasteiger charge is 2.32. The quantitative estimate of drug-likeness (QED) is 0.135. The van der Waals surface area contributed by atoms with Gasteiger partial charge in [0.1, 0.15) is 0 Å². The lowest BCUT2D eigenvalue weighted by Crippen LogP contribution is -2.07. The molecule has 50 heavy (non-hydrogen) atoms. The van der Waals surface area contributed by atoms with E-state index in [9.17, 15) is 36.2 Å². The lowest BCUT2D eigenvalue weighted by Gasteiger charge is -2.09. The smallest absolute Gasteiger partial charge is 0.416 e. The third kappa shape index (κ3) is 8.13. The predicted molar refractivity (Wildman–Crippen MR) is 178 cm³/mol. The highest BCUT2D eigenvalue weighted by molar-refractivity contribution is 6.35. The van der Waals surface area contributed by atoms with Crippen molar-refractivity contribution >= 4 is 74.2 Å². The van der Waals surface area contributed by atoms with E-state index in [0.29, 0.717) is 42.3 Å². The number of hydrogen-bond donors (Lipinski definition) is 1. The normalized spacial score (nSPS) is 11.9. The number of methoxy groups -OCH3 is 1. The molecule has 6 rings (SSSR count). The summed E-state index contributed by atoms with van der Waals surface area (Å²) in [6.45, 7) is -0.151. The second-order valence-electron chi connectivity index (χ2n) is 10.7. The molecule has 0 bridgehead atoms. The number of ether oxygens (including phenoxy) is 1. The van der Waals surface area contributed by atoms with Gasteiger partial charge >= 0.3 is 18.3 Å². The Balaban J connectivity index is 0.000000195. The zero-order chi connectivity index (χ0) is 36.5. The molecule has 0 spiro atoms. The number of halogens is 10. The molecule has 262 valence electrons. The Kier molecular flexibility index (Phi) is 10.9. The van der Waals surface area contributed by atoms with Gasteiger partial charge in [0.05, 0.1) is 54.7 Å². The molecule has 2 heterocycles. The standard InChI is InChI=1S/C17H11Cl2F3N2O2.C16H11Cl2F3N2O/c1-26-16(25)15-12-5-3-10(17(20,21)22)6-14(12)24(23-15)8-9-2-4-11(18)7-13(9)19;17-11-3-1-9(13(18)6-11)7-23-15-5-10(16(19,20)21)2-4-12(15)14(8-24)22-23/h2-7H,8H2,1H3;1-6,24H,7-8H2. The molecule has 0 aliphatic carbocycles. The average molecular weight is 778 g/mol. The van der Waals surface area contributed by atoms with Crippen LogP contribution >= 0.6 is 46.4 Å². The van der Waals surface area contributed by atoms with Gasteiger partial charge in [0.25, 0.3) is 0 Å². The Bertz CT molecular complexity index is 2220. The van der Waals surface area contributed by atoms with Gasteiger partial charge in [-0.15, -0.1) is 0 Å². The first-order valence-electron chi connectivity index (χ1n) is 14.2. The number of rotatable bonds is 6. The molecule has 4 aromatic carbocycles. The van der Waals surface area contributed by atoms with Crippen molar-refractivity contribution in [1.82, 2.24) is 19.6 Å². The maximum absolute atomic E-state index is 13.1. The first kappa shape index (κ1) is 37.3. The molecule has 0 fully saturated rings. The number of alkyl halides is 6. The van der Waals surface area contributed by atoms with Gasteiger partial charge in [-0.25, -0.2) is 4.79 Å². The van der Waals surface area contributed by atoms with Crippen molar-refractivity contribution in [3.05, 3.63) is 127 Å². The molecule has 0 radical (unpaired) electrons. The summed E-state index contributed by atoms with van der Waals surface area (Å²) >= 11 is 24.0. The van der Waals surface area contributed by atoms with Crippen molar-refractivity contribution < 1.29 is 41.0 Å². The van der Waals surface area contributed by atoms with Gasteiger partial charge < -0.3 is 9.84 Å². The molecule has 0 saturated heterocycles. The number of esters is 1. The number of benzene rings is 4. The molecule has 6 aromatic rings. The van der Waals surface area contributed by atoms with Crippen molar-refractivity contribution in [2.45, 2.75) is 32.0 Å². The van der Waals surface area contributed by atoms with Gasteiger partial charge in [0.2, 0.25) is 0 Å². The zero-order valence-electron chi connectivity index (χ0n) is 25.4. The van der Waals surface area contributed by atoms with Gasteiger partial charge in [-0.1, -0.05) is 64.6 Å². The number of nitrogens with zero attached hydrogens (tertiary/aromatic N) is 4. The average Bonchev–Trinajstić information content (AvgIpc) is 3.60. The number of hydrogen-bond acceptors (Lipinski definition) is 5. The Morgan fingerprint density at radius 3 is 1.60 bits per heavy atom. The van der Waals surface area contributed by atoms with E-state index >= 15 is 0 Å². The summed E-state index contributed by atoms with van der Waals surface area (Å²) in [6, 6.07) is 16.0. The zero-order valence-corrected chi connectivity index (χ0v) is 28.4. The monoisotopic (exact) mass is 776 g/mol. The molecular formula is C33H22Cl4F6N4O3. The van der Waals surface area contributed by atoms with E-state index < -0.39 is 29.4 Å². The highest BCUT2D eigenvalue weighted by Crippen LogP contribution is 2.34. The van der Waals surface area contributed by atoms with Gasteiger partial charge in [0.15, 0.2) is 5.69 Å². The van der Waals surface area contributed by atoms with E-state index in [0.717, 1.165) is 24.3 Å². The highest BCUT2D eigenvalue weighted by atomic mass is 35.5. The van der Waals surface area contributed by atoms with Gasteiger partial charge in [0, 0.05) is 30.9 Å². The van der Waals surface area contributed by atoms with E-state index in [-0.39, 0.29) is 41.8 Å². The summed E-state index contributed by atoms with van der Waals surface area (Å²) in [5.41, 5.74) is 0.297. The number of aliphatic hydroxyl groups excluding tert-OH is 1. The lowest BCUT2D eigenvalue weighted by atomic mass is 10.1. The fourth-order valence-electron chi connectivity index (χ4n) is 5.00. The van der Waals surface area contributed by atoms with E-state index in [1.165, 1.54) is 34.7 Å². The number of aromatic nitrogens is 4. The summed E-state index contributed by atoms with van der Waals surface area (Å²) in [7, 11) is 1.17. The number of aliphatic hydroxyl groups is 1. The van der Waals surface area contributed by atoms with Gasteiger partial charge in [-0.3, -0.25) is 9.36 Å². The van der Waals surface area contributed by atoms with Crippen molar-refractivity contribution in [2.75, 3.05) is 7.11 Å². The first-order chi connectivity index (χ1) is 23.5. The molecule has 2 aromatic heterocycles. The van der Waals surface area contributed by atoms with Crippen molar-refractivity contribution in [2.24, 2.45) is 0 Å². The summed E-state index contributed by atoms with van der Waals surface area (Å²) in [5.74, 6) is -0.740. The Morgan fingerprint density at radius 1 is 0.700 bits per heavy atom. The van der Waals surface area contributed by atoms with Crippen LogP contribution in [0.5, 0.6) is 0 Å². The second-order valence-corrected chi connectivity index (χ2v) is 12.4. The van der Waals surface area contributed by atoms with Crippen LogP contribution in [0.3, 0.4) is 0 Å². The summed E-state index contributed by atoms with van der Waals surface area (Å²) in [6.07, 6.45) is -8.98. The molecule has 0 atom stereocenters. The Morgan fingerprint density at radius 2 is 1.16 bits per heavy atom. The van der Waals surface area contributed by atoms with E-state index in [1.54, 1.807) is 30.3 Å². The predicted octanol–water partition coefficient (Wildman–Crippen LogP) is 10.1. The van der Waals surface area contributed by atoms with Gasteiger partial charge in [-0.2, -0.15) is 36.5 Å². The lowest BCUT2D eigenvalue weighted by molar-refractivity contribution is -0.138. The summed E-state index contributed by atoms with van der Waals surface area (Å²) < 4.78 is 85.4. The Labute approximate surface area is 299 Å². The third-order valence-electron chi connectivity index (χ3n) is 7.43. The van der Waals surface area contributed by atoms with E-state index in [4.69, 9.17) is 46.4 Å². The van der Waals surface area contributed by atoms with Crippen LogP contribution in [0.25, 0.3) is 21.8 Å². The van der Waals surface area contributed by atoms with Gasteiger partial charge in [-0.05, 0) is 65.7 Å². The Hall–Kier alpha value is -4.01. The van der Waals surface area contributed by atoms with E-state index in [2.05, 4.69) is 14.9 Å². The molecule has 0 amide bonds. The molecule has 1 N–H and O–H groups in total. The van der Waals surface area contributed by atoms with Crippen LogP contribution in [0, 0.1) is 0 Å². The molecule has 17 heteroatoms. The van der Waals surface area contributed by atoms with Crippen LogP contribution < -0.4 is 0 Å². The molecule has 0 aliphatic rings. The minimum Gasteiger partial charge on any atom is -0.464 e. The minimum atomic E-state index is -4.52. The molecular weight excluding hydrogens is 756 g/mol. The van der Waals surface area contributed by atoms with Crippen molar-refractivity contribution in [3.63, 3.8) is 0 Å². The minimum absolute atomic E-state index is 0.0603. The topological polar surface area (TPSA) is 82.2 Å². The van der Waals surface area contributed by atoms with Crippen LogP contribution in [0.2, 0.25) is 20.1 Å². The van der Waals surface area contributed by atoms with Crippen LogP contribution in [0.15, 0.2) is 72.8 Å². The second kappa shape index (κ2) is 14.7. The van der Waals surface area contributed by atoms with Crippen LogP contribution in [-0.4, -0.2) is 37.7 Å². The van der Waals surface area contributed by atoms with Crippen LogP contribution in [0.4, 0.5) is 26.3 Å². The fourth-order valence-corrected chi connectivity index (χ4v) is 5.93. The number of fused-ring (bicyclic) bond motifs is 2. The number of carbonyl (C=O) groups is 1. The van der Waals surface area contributed by atoms with Crippen molar-refractivity contribution in [3.8, 4) is 0 Å². The van der Waals surface area contributed by atoms with Crippen molar-refractivity contribution in [1.29, 1.82) is 0 Å². The summed E-state index contributed by atoms with van der Waals surface area (Å²) in [4.78, 5) is 11.9. The third-order valence-corrected chi connectivity index (χ3v) is 8.61. The summed E-state index contributed by atoms with van der Waals surface area (Å²) in [5, 5.41) is 20.1. The molecule has 7 nitrogen and oxygen atoms in total. The number of carbonyl (C=O) groups excluding carboxylic acids is 1.